The molecule has 1 heterocycles. The summed E-state index contributed by atoms with van der Waals surface area (Å²) in [7, 11) is 0. The van der Waals surface area contributed by atoms with Crippen molar-refractivity contribution >= 4 is 0 Å². The summed E-state index contributed by atoms with van der Waals surface area (Å²) in [5, 5.41) is 8.01. The number of nitrogens with zero attached hydrogens (tertiary/aromatic N) is 3. The van der Waals surface area contributed by atoms with Crippen molar-refractivity contribution in [2.24, 2.45) is 0 Å². The molecular weight excluding hydrogens is 174 g/mol. The van der Waals surface area contributed by atoms with Crippen LogP contribution < -0.4 is 0 Å². The average molecular weight is 187 g/mol. The standard InChI is InChI=1S/C11H13N3/c1-9(2)11-8-12-13-14(11)10-6-4-3-5-7-10/h3-9H,1-2H3. The van der Waals surface area contributed by atoms with Gasteiger partial charge in [0, 0.05) is 0 Å². The molecule has 0 spiro atoms. The second kappa shape index (κ2) is 3.62. The van der Waals surface area contributed by atoms with E-state index in [1.807, 2.05) is 41.2 Å². The van der Waals surface area contributed by atoms with Crippen molar-refractivity contribution < 1.29 is 0 Å². The maximum Gasteiger partial charge on any atom is 0.0732 e. The SMILES string of the molecule is CC(C)c1cnnn1-c1ccccc1. The molecule has 0 saturated heterocycles. The van der Waals surface area contributed by atoms with E-state index in [9.17, 15) is 0 Å². The molecule has 0 aliphatic carbocycles. The Bertz CT molecular complexity index is 403. The zero-order chi connectivity index (χ0) is 9.97. The Labute approximate surface area is 83.4 Å². The van der Waals surface area contributed by atoms with E-state index in [0.29, 0.717) is 5.92 Å². The molecule has 0 N–H and O–H groups in total. The van der Waals surface area contributed by atoms with E-state index < -0.39 is 0 Å². The molecule has 0 amide bonds. The number of aromatic nitrogens is 3. The van der Waals surface area contributed by atoms with Gasteiger partial charge in [-0.05, 0) is 18.1 Å². The average Bonchev–Trinajstić information content (AvgIpc) is 2.67. The highest BCUT2D eigenvalue weighted by atomic mass is 15.4. The summed E-state index contributed by atoms with van der Waals surface area (Å²) < 4.78 is 1.88. The van der Waals surface area contributed by atoms with E-state index in [-0.39, 0.29) is 0 Å². The summed E-state index contributed by atoms with van der Waals surface area (Å²) in [6.07, 6.45) is 1.82. The van der Waals surface area contributed by atoms with Crippen molar-refractivity contribution in [3.8, 4) is 5.69 Å². The highest BCUT2D eigenvalue weighted by molar-refractivity contribution is 5.32. The minimum absolute atomic E-state index is 0.435. The molecule has 0 bridgehead atoms. The molecule has 0 atom stereocenters. The summed E-state index contributed by atoms with van der Waals surface area (Å²) in [5.74, 6) is 0.435. The number of para-hydroxylation sites is 1. The van der Waals surface area contributed by atoms with Crippen LogP contribution in [0.4, 0.5) is 0 Å². The first kappa shape index (κ1) is 8.94. The molecule has 0 aliphatic heterocycles. The van der Waals surface area contributed by atoms with Crippen LogP contribution in [-0.4, -0.2) is 15.0 Å². The quantitative estimate of drug-likeness (QED) is 0.722. The zero-order valence-electron chi connectivity index (χ0n) is 8.38. The van der Waals surface area contributed by atoms with Crippen molar-refractivity contribution in [1.82, 2.24) is 15.0 Å². The fourth-order valence-corrected chi connectivity index (χ4v) is 1.41. The van der Waals surface area contributed by atoms with Crippen LogP contribution in [0, 0.1) is 0 Å². The summed E-state index contributed by atoms with van der Waals surface area (Å²) >= 11 is 0. The van der Waals surface area contributed by atoms with Crippen LogP contribution in [0.2, 0.25) is 0 Å². The number of benzene rings is 1. The van der Waals surface area contributed by atoms with Crippen LogP contribution in [0.5, 0.6) is 0 Å². The van der Waals surface area contributed by atoms with Crippen molar-refractivity contribution in [2.45, 2.75) is 19.8 Å². The molecule has 0 aliphatic rings. The molecule has 72 valence electrons. The van der Waals surface area contributed by atoms with Crippen LogP contribution in [0.15, 0.2) is 36.5 Å². The Morgan fingerprint density at radius 1 is 1.14 bits per heavy atom. The van der Waals surface area contributed by atoms with Gasteiger partial charge in [-0.2, -0.15) is 0 Å². The lowest BCUT2D eigenvalue weighted by Gasteiger charge is -2.07. The van der Waals surface area contributed by atoms with Gasteiger partial charge in [0.2, 0.25) is 0 Å². The van der Waals surface area contributed by atoms with Crippen LogP contribution in [0.1, 0.15) is 25.5 Å². The zero-order valence-corrected chi connectivity index (χ0v) is 8.38. The van der Waals surface area contributed by atoms with E-state index in [4.69, 9.17) is 0 Å². The lowest BCUT2D eigenvalue weighted by molar-refractivity contribution is 0.716. The van der Waals surface area contributed by atoms with Crippen molar-refractivity contribution in [3.05, 3.63) is 42.2 Å². The molecule has 14 heavy (non-hydrogen) atoms. The first-order chi connectivity index (χ1) is 6.79. The van der Waals surface area contributed by atoms with Gasteiger partial charge in [0.05, 0.1) is 17.6 Å². The molecule has 2 rings (SSSR count). The first-order valence-electron chi connectivity index (χ1n) is 4.75. The molecule has 3 heteroatoms. The Kier molecular flexibility index (Phi) is 2.31. The van der Waals surface area contributed by atoms with Gasteiger partial charge in [-0.15, -0.1) is 5.10 Å². The summed E-state index contributed by atoms with van der Waals surface area (Å²) in [6.45, 7) is 4.27. The van der Waals surface area contributed by atoms with Gasteiger partial charge in [-0.25, -0.2) is 4.68 Å². The largest absolute Gasteiger partial charge is 0.217 e. The summed E-state index contributed by atoms with van der Waals surface area (Å²) in [6, 6.07) is 10.1. The fourth-order valence-electron chi connectivity index (χ4n) is 1.41. The Balaban J connectivity index is 2.47. The van der Waals surface area contributed by atoms with Gasteiger partial charge in [-0.3, -0.25) is 0 Å². The fraction of sp³-hybridized carbons (Fsp3) is 0.273. The third-order valence-electron chi connectivity index (χ3n) is 2.17. The molecule has 2 aromatic rings. The van der Waals surface area contributed by atoms with E-state index >= 15 is 0 Å². The van der Waals surface area contributed by atoms with Gasteiger partial charge >= 0.3 is 0 Å². The molecule has 0 unspecified atom stereocenters. The van der Waals surface area contributed by atoms with Gasteiger partial charge in [0.25, 0.3) is 0 Å². The number of hydrogen-bond acceptors (Lipinski definition) is 2. The highest BCUT2D eigenvalue weighted by Crippen LogP contribution is 2.16. The van der Waals surface area contributed by atoms with Crippen molar-refractivity contribution in [1.29, 1.82) is 0 Å². The summed E-state index contributed by atoms with van der Waals surface area (Å²) in [5.41, 5.74) is 2.20. The van der Waals surface area contributed by atoms with Gasteiger partial charge < -0.3 is 0 Å². The maximum absolute atomic E-state index is 4.07. The second-order valence-corrected chi connectivity index (χ2v) is 3.56. The van der Waals surface area contributed by atoms with Crippen LogP contribution in [-0.2, 0) is 0 Å². The topological polar surface area (TPSA) is 30.7 Å². The van der Waals surface area contributed by atoms with Crippen LogP contribution in [0.3, 0.4) is 0 Å². The van der Waals surface area contributed by atoms with E-state index in [2.05, 4.69) is 24.2 Å². The van der Waals surface area contributed by atoms with E-state index in [1.54, 1.807) is 0 Å². The third-order valence-corrected chi connectivity index (χ3v) is 2.17. The van der Waals surface area contributed by atoms with Gasteiger partial charge in [0.15, 0.2) is 0 Å². The third kappa shape index (κ3) is 1.53. The highest BCUT2D eigenvalue weighted by Gasteiger charge is 2.08. The first-order valence-corrected chi connectivity index (χ1v) is 4.75. The molecular formula is C11H13N3. The van der Waals surface area contributed by atoms with Crippen LogP contribution in [0.25, 0.3) is 5.69 Å². The Hall–Kier alpha value is -1.64. The maximum atomic E-state index is 4.07. The Morgan fingerprint density at radius 3 is 2.50 bits per heavy atom. The van der Waals surface area contributed by atoms with Crippen molar-refractivity contribution in [3.63, 3.8) is 0 Å². The molecule has 0 fully saturated rings. The molecule has 1 aromatic carbocycles. The predicted molar refractivity (Wildman–Crippen MR) is 55.4 cm³/mol. The van der Waals surface area contributed by atoms with Gasteiger partial charge in [-0.1, -0.05) is 37.3 Å². The lowest BCUT2D eigenvalue weighted by Crippen LogP contribution is -2.03. The monoisotopic (exact) mass is 187 g/mol. The van der Waals surface area contributed by atoms with E-state index in [1.165, 1.54) is 0 Å². The lowest BCUT2D eigenvalue weighted by atomic mass is 10.1. The molecule has 0 radical (unpaired) electrons. The minimum Gasteiger partial charge on any atom is -0.217 e. The van der Waals surface area contributed by atoms with Gasteiger partial charge in [0.1, 0.15) is 0 Å². The molecule has 1 aromatic heterocycles. The second-order valence-electron chi connectivity index (χ2n) is 3.56. The molecule has 0 saturated carbocycles. The predicted octanol–water partition coefficient (Wildman–Crippen LogP) is 2.39. The smallest absolute Gasteiger partial charge is 0.0732 e. The van der Waals surface area contributed by atoms with E-state index in [0.717, 1.165) is 11.4 Å². The van der Waals surface area contributed by atoms with Crippen LogP contribution >= 0.6 is 0 Å². The molecule has 3 nitrogen and oxygen atoms in total. The number of rotatable bonds is 2. The Morgan fingerprint density at radius 2 is 1.86 bits per heavy atom. The normalized spacial score (nSPS) is 10.8. The van der Waals surface area contributed by atoms with Crippen molar-refractivity contribution in [2.75, 3.05) is 0 Å². The summed E-state index contributed by atoms with van der Waals surface area (Å²) in [4.78, 5) is 0. The number of hydrogen-bond donors (Lipinski definition) is 0. The minimum atomic E-state index is 0.435.